The highest BCUT2D eigenvalue weighted by atomic mass is 32.2. The summed E-state index contributed by atoms with van der Waals surface area (Å²) in [6.45, 7) is 2.08. The first-order valence-electron chi connectivity index (χ1n) is 4.24. The molecule has 0 aromatic carbocycles. The molecule has 0 aliphatic rings. The van der Waals surface area contributed by atoms with Crippen molar-refractivity contribution in [3.63, 3.8) is 0 Å². The van der Waals surface area contributed by atoms with Gasteiger partial charge in [-0.2, -0.15) is 8.42 Å². The molecule has 0 saturated heterocycles. The summed E-state index contributed by atoms with van der Waals surface area (Å²) in [5.41, 5.74) is 1.92. The molecule has 1 aromatic heterocycles. The van der Waals surface area contributed by atoms with Gasteiger partial charge < -0.3 is 0 Å². The van der Waals surface area contributed by atoms with Crippen LogP contribution in [0.25, 0.3) is 0 Å². The van der Waals surface area contributed by atoms with Crippen LogP contribution in [0.5, 0.6) is 0 Å². The van der Waals surface area contributed by atoms with Crippen molar-refractivity contribution in [2.45, 2.75) is 13.3 Å². The van der Waals surface area contributed by atoms with E-state index in [1.54, 1.807) is 6.20 Å². The smallest absolute Gasteiger partial charge is 0.264 e. The molecule has 5 heteroatoms. The van der Waals surface area contributed by atoms with Gasteiger partial charge in [0.1, 0.15) is 0 Å². The Bertz CT molecular complexity index is 400. The number of hydrogen-bond acceptors (Lipinski definition) is 4. The van der Waals surface area contributed by atoms with Crippen LogP contribution in [0, 0.1) is 6.92 Å². The van der Waals surface area contributed by atoms with Crippen LogP contribution in [0.2, 0.25) is 0 Å². The number of rotatable bonds is 4. The van der Waals surface area contributed by atoms with E-state index in [-0.39, 0.29) is 6.61 Å². The molecule has 14 heavy (non-hydrogen) atoms. The molecule has 4 nitrogen and oxygen atoms in total. The zero-order valence-electron chi connectivity index (χ0n) is 8.23. The second kappa shape index (κ2) is 4.52. The fourth-order valence-corrected chi connectivity index (χ4v) is 1.46. The molecule has 0 aliphatic carbocycles. The van der Waals surface area contributed by atoms with E-state index in [0.29, 0.717) is 6.42 Å². The molecule has 1 aromatic rings. The first-order chi connectivity index (χ1) is 6.49. The van der Waals surface area contributed by atoms with E-state index in [0.717, 1.165) is 17.5 Å². The van der Waals surface area contributed by atoms with Crippen molar-refractivity contribution in [2.24, 2.45) is 0 Å². The highest BCUT2D eigenvalue weighted by molar-refractivity contribution is 7.85. The molecule has 0 spiro atoms. The Balaban J connectivity index is 2.51. The number of nitrogens with zero attached hydrogens (tertiary/aromatic N) is 1. The third-order valence-electron chi connectivity index (χ3n) is 1.75. The van der Waals surface area contributed by atoms with Crippen LogP contribution in [0.15, 0.2) is 18.3 Å². The minimum Gasteiger partial charge on any atom is -0.270 e. The summed E-state index contributed by atoms with van der Waals surface area (Å²) in [5.74, 6) is 0. The van der Waals surface area contributed by atoms with Crippen LogP contribution >= 0.6 is 0 Å². The normalized spacial score (nSPS) is 11.6. The fourth-order valence-electron chi connectivity index (χ4n) is 1.07. The zero-order chi connectivity index (χ0) is 10.6. The lowest BCUT2D eigenvalue weighted by Crippen LogP contribution is -2.07. The van der Waals surface area contributed by atoms with Gasteiger partial charge in [-0.3, -0.25) is 9.17 Å². The largest absolute Gasteiger partial charge is 0.270 e. The lowest BCUT2D eigenvalue weighted by Gasteiger charge is -2.03. The summed E-state index contributed by atoms with van der Waals surface area (Å²) in [4.78, 5) is 4.12. The van der Waals surface area contributed by atoms with E-state index in [4.69, 9.17) is 0 Å². The average molecular weight is 215 g/mol. The Morgan fingerprint density at radius 1 is 1.50 bits per heavy atom. The Labute approximate surface area is 84.1 Å². The van der Waals surface area contributed by atoms with E-state index < -0.39 is 10.1 Å². The highest BCUT2D eigenvalue weighted by Gasteiger charge is 2.03. The van der Waals surface area contributed by atoms with Gasteiger partial charge in [-0.1, -0.05) is 6.07 Å². The molecule has 0 fully saturated rings. The predicted molar refractivity (Wildman–Crippen MR) is 53.5 cm³/mol. The molecular formula is C9H13NO3S. The predicted octanol–water partition coefficient (Wildman–Crippen LogP) is 0.909. The summed E-state index contributed by atoms with van der Waals surface area (Å²) >= 11 is 0. The maximum Gasteiger partial charge on any atom is 0.264 e. The maximum absolute atomic E-state index is 10.7. The van der Waals surface area contributed by atoms with Gasteiger partial charge in [-0.05, 0) is 18.6 Å². The van der Waals surface area contributed by atoms with Gasteiger partial charge in [0.15, 0.2) is 0 Å². The molecule has 0 unspecified atom stereocenters. The van der Waals surface area contributed by atoms with Gasteiger partial charge in [0.2, 0.25) is 0 Å². The van der Waals surface area contributed by atoms with Crippen LogP contribution in [0.1, 0.15) is 11.3 Å². The van der Waals surface area contributed by atoms with Crippen LogP contribution in [0.3, 0.4) is 0 Å². The van der Waals surface area contributed by atoms with E-state index in [1.165, 1.54) is 0 Å². The van der Waals surface area contributed by atoms with Crippen LogP contribution in [0.4, 0.5) is 0 Å². The Hall–Kier alpha value is -0.940. The SMILES string of the molecule is Cc1cccnc1CCOS(C)(=O)=O. The minimum absolute atomic E-state index is 0.149. The molecule has 78 valence electrons. The van der Waals surface area contributed by atoms with Crippen molar-refractivity contribution in [3.05, 3.63) is 29.6 Å². The third-order valence-corrected chi connectivity index (χ3v) is 2.35. The van der Waals surface area contributed by atoms with Crippen molar-refractivity contribution in [2.75, 3.05) is 12.9 Å². The number of hydrogen-bond donors (Lipinski definition) is 0. The lowest BCUT2D eigenvalue weighted by atomic mass is 10.2. The summed E-state index contributed by atoms with van der Waals surface area (Å²) < 4.78 is 25.9. The fraction of sp³-hybridized carbons (Fsp3) is 0.444. The summed E-state index contributed by atoms with van der Waals surface area (Å²) in [6, 6.07) is 3.78. The monoisotopic (exact) mass is 215 g/mol. The minimum atomic E-state index is -3.33. The topological polar surface area (TPSA) is 56.3 Å². The third kappa shape index (κ3) is 3.85. The maximum atomic E-state index is 10.7. The summed E-state index contributed by atoms with van der Waals surface area (Å²) in [7, 11) is -3.33. The lowest BCUT2D eigenvalue weighted by molar-refractivity contribution is 0.324. The molecule has 0 N–H and O–H groups in total. The van der Waals surface area contributed by atoms with Gasteiger partial charge in [0, 0.05) is 18.3 Å². The molecule has 0 bridgehead atoms. The van der Waals surface area contributed by atoms with Crippen LogP contribution in [-0.2, 0) is 20.7 Å². The number of pyridine rings is 1. The van der Waals surface area contributed by atoms with E-state index in [2.05, 4.69) is 9.17 Å². The van der Waals surface area contributed by atoms with E-state index in [1.807, 2.05) is 19.1 Å². The van der Waals surface area contributed by atoms with Crippen molar-refractivity contribution in [1.82, 2.24) is 4.98 Å². The molecular weight excluding hydrogens is 202 g/mol. The van der Waals surface area contributed by atoms with Crippen molar-refractivity contribution in [3.8, 4) is 0 Å². The van der Waals surface area contributed by atoms with Gasteiger partial charge in [-0.15, -0.1) is 0 Å². The van der Waals surface area contributed by atoms with Gasteiger partial charge in [0.25, 0.3) is 10.1 Å². The quantitative estimate of drug-likeness (QED) is 0.700. The number of aryl methyl sites for hydroxylation is 1. The van der Waals surface area contributed by atoms with Crippen molar-refractivity contribution < 1.29 is 12.6 Å². The standard InChI is InChI=1S/C9H13NO3S/c1-8-4-3-6-10-9(8)5-7-13-14(2,11)12/h3-4,6H,5,7H2,1-2H3. The Morgan fingerprint density at radius 3 is 2.79 bits per heavy atom. The van der Waals surface area contributed by atoms with Gasteiger partial charge >= 0.3 is 0 Å². The van der Waals surface area contributed by atoms with Gasteiger partial charge in [0.05, 0.1) is 12.9 Å². The van der Waals surface area contributed by atoms with Crippen LogP contribution in [-0.4, -0.2) is 26.3 Å². The molecule has 0 amide bonds. The second-order valence-corrected chi connectivity index (χ2v) is 4.69. The molecule has 0 atom stereocenters. The first-order valence-corrected chi connectivity index (χ1v) is 6.05. The second-order valence-electron chi connectivity index (χ2n) is 3.04. The molecule has 0 aliphatic heterocycles. The van der Waals surface area contributed by atoms with Crippen molar-refractivity contribution >= 4 is 10.1 Å². The zero-order valence-corrected chi connectivity index (χ0v) is 9.04. The van der Waals surface area contributed by atoms with Crippen molar-refractivity contribution in [1.29, 1.82) is 0 Å². The highest BCUT2D eigenvalue weighted by Crippen LogP contribution is 2.04. The first kappa shape index (κ1) is 11.1. The average Bonchev–Trinajstić information content (AvgIpc) is 2.06. The number of aromatic nitrogens is 1. The Kier molecular flexibility index (Phi) is 3.60. The summed E-state index contributed by atoms with van der Waals surface area (Å²) in [6.07, 6.45) is 3.24. The van der Waals surface area contributed by atoms with Crippen LogP contribution < -0.4 is 0 Å². The van der Waals surface area contributed by atoms with E-state index >= 15 is 0 Å². The molecule has 1 heterocycles. The molecule has 1 rings (SSSR count). The Morgan fingerprint density at radius 2 is 2.21 bits per heavy atom. The van der Waals surface area contributed by atoms with E-state index in [9.17, 15) is 8.42 Å². The molecule has 0 saturated carbocycles. The van der Waals surface area contributed by atoms with Gasteiger partial charge in [-0.25, -0.2) is 0 Å². The summed E-state index contributed by atoms with van der Waals surface area (Å²) in [5, 5.41) is 0. The molecule has 0 radical (unpaired) electrons.